The molecule has 0 aliphatic heterocycles. The van der Waals surface area contributed by atoms with Crippen LogP contribution < -0.4 is 16.2 Å². The average Bonchev–Trinajstić information content (AvgIpc) is 3.30. The Hall–Kier alpha value is -3.98. The molecule has 3 aromatic heterocycles. The topological polar surface area (TPSA) is 125 Å². The fourth-order valence-electron chi connectivity index (χ4n) is 3.60. The highest BCUT2D eigenvalue weighted by atomic mass is 16.3. The van der Waals surface area contributed by atoms with Gasteiger partial charge in [0.25, 0.3) is 5.56 Å². The van der Waals surface area contributed by atoms with Gasteiger partial charge in [0, 0.05) is 23.5 Å². The van der Waals surface area contributed by atoms with Crippen LogP contribution in [0.4, 0.5) is 5.82 Å². The molecule has 9 heteroatoms. The van der Waals surface area contributed by atoms with Gasteiger partial charge in [-0.05, 0) is 31.0 Å². The monoisotopic (exact) mass is 446 g/mol. The second-order valence-corrected chi connectivity index (χ2v) is 7.87. The average molecular weight is 447 g/mol. The number of aliphatic hydroxyl groups excluding tert-OH is 1. The molecule has 3 heterocycles. The van der Waals surface area contributed by atoms with Crippen molar-refractivity contribution >= 4 is 22.6 Å². The van der Waals surface area contributed by atoms with E-state index in [9.17, 15) is 14.7 Å². The van der Waals surface area contributed by atoms with Crippen molar-refractivity contribution in [2.45, 2.75) is 32.5 Å². The Balaban J connectivity index is 1.42. The van der Waals surface area contributed by atoms with E-state index < -0.39 is 5.56 Å². The molecule has 170 valence electrons. The second-order valence-electron chi connectivity index (χ2n) is 7.87. The van der Waals surface area contributed by atoms with Crippen LogP contribution in [-0.4, -0.2) is 43.2 Å². The molecule has 1 atom stereocenters. The van der Waals surface area contributed by atoms with Crippen LogP contribution in [0.2, 0.25) is 0 Å². The Morgan fingerprint density at radius 1 is 1.18 bits per heavy atom. The van der Waals surface area contributed by atoms with Crippen LogP contribution in [0.25, 0.3) is 10.9 Å². The summed E-state index contributed by atoms with van der Waals surface area (Å²) in [5, 5.41) is 16.6. The lowest BCUT2D eigenvalue weighted by Crippen LogP contribution is -2.37. The predicted octanol–water partition coefficient (Wildman–Crippen LogP) is 1.76. The summed E-state index contributed by atoms with van der Waals surface area (Å²) in [6.07, 6.45) is 5.63. The number of hydrogen-bond acceptors (Lipinski definition) is 6. The van der Waals surface area contributed by atoms with Crippen molar-refractivity contribution < 1.29 is 9.90 Å². The van der Waals surface area contributed by atoms with Crippen molar-refractivity contribution in [2.75, 3.05) is 11.9 Å². The first-order chi connectivity index (χ1) is 16.0. The van der Waals surface area contributed by atoms with Gasteiger partial charge in [-0.1, -0.05) is 30.3 Å². The van der Waals surface area contributed by atoms with Gasteiger partial charge in [-0.2, -0.15) is 0 Å². The lowest BCUT2D eigenvalue weighted by atomic mass is 10.1. The third kappa shape index (κ3) is 5.45. The fourth-order valence-corrected chi connectivity index (χ4v) is 3.60. The van der Waals surface area contributed by atoms with Gasteiger partial charge in [0.05, 0.1) is 36.6 Å². The summed E-state index contributed by atoms with van der Waals surface area (Å²) in [4.78, 5) is 37.1. The number of anilines is 1. The van der Waals surface area contributed by atoms with Gasteiger partial charge in [0.15, 0.2) is 5.82 Å². The molecule has 1 amide bonds. The SMILES string of the molecule is Cc1cnc(N[C@H](CO)Cc2ccccc2)c(=O)n1CC(=O)NCc1cc2cc[nH]c2cn1. The molecule has 0 saturated heterocycles. The lowest BCUT2D eigenvalue weighted by Gasteiger charge is -2.18. The van der Waals surface area contributed by atoms with E-state index in [1.54, 1.807) is 13.1 Å². The molecule has 4 rings (SSSR count). The minimum atomic E-state index is -0.413. The molecule has 0 radical (unpaired) electrons. The van der Waals surface area contributed by atoms with Gasteiger partial charge >= 0.3 is 0 Å². The summed E-state index contributed by atoms with van der Waals surface area (Å²) in [7, 11) is 0. The zero-order valence-electron chi connectivity index (χ0n) is 18.3. The van der Waals surface area contributed by atoms with Gasteiger partial charge in [0.2, 0.25) is 5.91 Å². The fraction of sp³-hybridized carbons (Fsp3) is 0.250. The Morgan fingerprint density at radius 3 is 2.79 bits per heavy atom. The third-order valence-electron chi connectivity index (χ3n) is 5.40. The molecule has 33 heavy (non-hydrogen) atoms. The summed E-state index contributed by atoms with van der Waals surface area (Å²) in [5.74, 6) is -0.209. The molecule has 4 aromatic rings. The highest BCUT2D eigenvalue weighted by molar-refractivity contribution is 5.79. The Kier molecular flexibility index (Phi) is 6.80. The quantitative estimate of drug-likeness (QED) is 0.311. The van der Waals surface area contributed by atoms with Crippen LogP contribution in [-0.2, 0) is 24.3 Å². The summed E-state index contributed by atoms with van der Waals surface area (Å²) in [5.41, 5.74) is 2.84. The van der Waals surface area contributed by atoms with Crippen LogP contribution in [0, 0.1) is 6.92 Å². The van der Waals surface area contributed by atoms with E-state index in [1.807, 2.05) is 48.7 Å². The van der Waals surface area contributed by atoms with Crippen LogP contribution >= 0.6 is 0 Å². The number of carbonyl (C=O) groups excluding carboxylic acids is 1. The molecule has 0 aliphatic rings. The summed E-state index contributed by atoms with van der Waals surface area (Å²) >= 11 is 0. The minimum absolute atomic E-state index is 0.1000. The van der Waals surface area contributed by atoms with Gasteiger partial charge < -0.3 is 20.7 Å². The van der Waals surface area contributed by atoms with E-state index in [2.05, 4.69) is 25.6 Å². The first kappa shape index (κ1) is 22.2. The Morgan fingerprint density at radius 2 is 2.00 bits per heavy atom. The molecule has 0 aliphatic carbocycles. The zero-order valence-corrected chi connectivity index (χ0v) is 18.3. The van der Waals surface area contributed by atoms with E-state index in [1.165, 1.54) is 10.8 Å². The summed E-state index contributed by atoms with van der Waals surface area (Å²) < 4.78 is 1.37. The first-order valence-electron chi connectivity index (χ1n) is 10.7. The van der Waals surface area contributed by atoms with E-state index in [4.69, 9.17) is 0 Å². The number of H-pyrrole nitrogens is 1. The highest BCUT2D eigenvalue weighted by Crippen LogP contribution is 2.11. The Bertz CT molecular complexity index is 1300. The molecule has 4 N–H and O–H groups in total. The number of aromatic nitrogens is 4. The van der Waals surface area contributed by atoms with Crippen molar-refractivity contribution in [3.8, 4) is 0 Å². The van der Waals surface area contributed by atoms with Crippen molar-refractivity contribution in [1.29, 1.82) is 0 Å². The first-order valence-corrected chi connectivity index (χ1v) is 10.7. The smallest absolute Gasteiger partial charge is 0.293 e. The summed E-state index contributed by atoms with van der Waals surface area (Å²) in [6.45, 7) is 1.67. The van der Waals surface area contributed by atoms with Gasteiger partial charge in [0.1, 0.15) is 6.54 Å². The zero-order chi connectivity index (χ0) is 23.2. The number of aryl methyl sites for hydroxylation is 1. The molecule has 0 fully saturated rings. The lowest BCUT2D eigenvalue weighted by molar-refractivity contribution is -0.121. The van der Waals surface area contributed by atoms with Crippen molar-refractivity contribution in [3.63, 3.8) is 0 Å². The third-order valence-corrected chi connectivity index (χ3v) is 5.40. The van der Waals surface area contributed by atoms with E-state index in [-0.39, 0.29) is 37.5 Å². The van der Waals surface area contributed by atoms with Gasteiger partial charge in [-0.15, -0.1) is 0 Å². The van der Waals surface area contributed by atoms with Crippen LogP contribution in [0.15, 0.2) is 65.8 Å². The normalized spacial score (nSPS) is 11.9. The number of nitrogens with one attached hydrogen (secondary N) is 3. The summed E-state index contributed by atoms with van der Waals surface area (Å²) in [6, 6.07) is 13.1. The largest absolute Gasteiger partial charge is 0.394 e. The van der Waals surface area contributed by atoms with Crippen LogP contribution in [0.3, 0.4) is 0 Å². The standard InChI is InChI=1S/C24H26N6O3/c1-16-11-28-23(29-20(15-31)9-17-5-3-2-4-6-17)24(33)30(16)14-22(32)27-12-19-10-18-7-8-25-21(18)13-26-19/h2-8,10-11,13,20,25,31H,9,12,14-15H2,1H3,(H,27,32)(H,28,29)/t20-/m0/s1. The van der Waals surface area contributed by atoms with Gasteiger partial charge in [-0.25, -0.2) is 4.98 Å². The highest BCUT2D eigenvalue weighted by Gasteiger charge is 2.15. The predicted molar refractivity (Wildman–Crippen MR) is 126 cm³/mol. The molecule has 0 spiro atoms. The van der Waals surface area contributed by atoms with Crippen molar-refractivity contribution in [3.05, 3.63) is 88.4 Å². The number of rotatable bonds is 9. The van der Waals surface area contributed by atoms with Crippen molar-refractivity contribution in [2.24, 2.45) is 0 Å². The molecule has 1 aromatic carbocycles. The number of aromatic amines is 1. The van der Waals surface area contributed by atoms with Crippen LogP contribution in [0.1, 0.15) is 17.0 Å². The maximum atomic E-state index is 13.0. The number of amides is 1. The second kappa shape index (κ2) is 10.1. The maximum Gasteiger partial charge on any atom is 0.293 e. The number of aliphatic hydroxyl groups is 1. The number of benzene rings is 1. The number of hydrogen-bond donors (Lipinski definition) is 4. The number of nitrogens with zero attached hydrogens (tertiary/aromatic N) is 3. The maximum absolute atomic E-state index is 13.0. The molecule has 9 nitrogen and oxygen atoms in total. The molecular weight excluding hydrogens is 420 g/mol. The van der Waals surface area contributed by atoms with Crippen molar-refractivity contribution in [1.82, 2.24) is 24.8 Å². The Labute approximate surface area is 190 Å². The van der Waals surface area contributed by atoms with E-state index in [0.717, 1.165) is 22.2 Å². The van der Waals surface area contributed by atoms with E-state index in [0.29, 0.717) is 12.1 Å². The molecular formula is C24H26N6O3. The number of pyridine rings is 1. The van der Waals surface area contributed by atoms with E-state index >= 15 is 0 Å². The van der Waals surface area contributed by atoms with Crippen LogP contribution in [0.5, 0.6) is 0 Å². The molecule has 0 unspecified atom stereocenters. The minimum Gasteiger partial charge on any atom is -0.394 e. The number of fused-ring (bicyclic) bond motifs is 1. The number of carbonyl (C=O) groups is 1. The molecule has 0 bridgehead atoms. The van der Waals surface area contributed by atoms with Gasteiger partial charge in [-0.3, -0.25) is 19.1 Å². The molecule has 0 saturated carbocycles.